The van der Waals surface area contributed by atoms with Gasteiger partial charge in [0.1, 0.15) is 17.8 Å². The van der Waals surface area contributed by atoms with Crippen molar-refractivity contribution in [3.63, 3.8) is 0 Å². The zero-order valence-corrected chi connectivity index (χ0v) is 23.8. The van der Waals surface area contributed by atoms with Crippen LogP contribution in [0.4, 0.5) is 20.2 Å². The van der Waals surface area contributed by atoms with E-state index in [4.69, 9.17) is 9.47 Å². The monoisotopic (exact) mass is 596 g/mol. The zero-order valence-electron chi connectivity index (χ0n) is 23.0. The molecule has 14 heteroatoms. The maximum absolute atomic E-state index is 15.9. The van der Waals surface area contributed by atoms with Gasteiger partial charge >= 0.3 is 10.2 Å². The molecule has 0 fully saturated rings. The second-order valence-electron chi connectivity index (χ2n) is 9.23. The molecule has 11 nitrogen and oxygen atoms in total. The Kier molecular flexibility index (Phi) is 7.67. The van der Waals surface area contributed by atoms with E-state index in [0.29, 0.717) is 11.2 Å². The van der Waals surface area contributed by atoms with Crippen molar-refractivity contribution in [2.45, 2.75) is 6.54 Å². The number of fused-ring (bicyclic) bond motifs is 1. The van der Waals surface area contributed by atoms with E-state index in [1.165, 1.54) is 74.7 Å². The molecule has 0 saturated heterocycles. The first-order valence-corrected chi connectivity index (χ1v) is 13.9. The van der Waals surface area contributed by atoms with Gasteiger partial charge in [0.05, 0.1) is 37.4 Å². The van der Waals surface area contributed by atoms with Gasteiger partial charge in [-0.1, -0.05) is 18.2 Å². The molecule has 0 bridgehead atoms. The summed E-state index contributed by atoms with van der Waals surface area (Å²) in [5.41, 5.74) is 0.0435. The number of nitrogens with zero attached hydrogens (tertiary/aromatic N) is 6. The molecular formula is C28H26F2N6O5S. The lowest BCUT2D eigenvalue weighted by atomic mass is 10.1. The Hall–Kier alpha value is -4.82. The van der Waals surface area contributed by atoms with Crippen molar-refractivity contribution in [1.82, 2.24) is 22.8 Å². The Morgan fingerprint density at radius 3 is 2.21 bits per heavy atom. The minimum Gasteiger partial charge on any atom is -0.493 e. The molecule has 0 amide bonds. The Bertz CT molecular complexity index is 1920. The largest absolute Gasteiger partial charge is 0.493 e. The van der Waals surface area contributed by atoms with Gasteiger partial charge in [-0.05, 0) is 30.3 Å². The third-order valence-electron chi connectivity index (χ3n) is 6.60. The summed E-state index contributed by atoms with van der Waals surface area (Å²) in [7, 11) is 1.08. The summed E-state index contributed by atoms with van der Waals surface area (Å²) in [6, 6.07) is 14.4. The van der Waals surface area contributed by atoms with E-state index < -0.39 is 39.6 Å². The Morgan fingerprint density at radius 1 is 0.929 bits per heavy atom. The van der Waals surface area contributed by atoms with Crippen LogP contribution in [0.5, 0.6) is 11.5 Å². The molecule has 0 aliphatic rings. The summed E-state index contributed by atoms with van der Waals surface area (Å²) in [6.45, 7) is -0.428. The number of halogens is 2. The fourth-order valence-electron chi connectivity index (χ4n) is 4.42. The van der Waals surface area contributed by atoms with Crippen molar-refractivity contribution in [2.24, 2.45) is 0 Å². The van der Waals surface area contributed by atoms with Crippen LogP contribution in [0.3, 0.4) is 0 Å². The van der Waals surface area contributed by atoms with Crippen LogP contribution in [0.1, 0.15) is 5.82 Å². The van der Waals surface area contributed by atoms with Crippen LogP contribution in [0, 0.1) is 11.6 Å². The van der Waals surface area contributed by atoms with E-state index >= 15 is 8.78 Å². The summed E-state index contributed by atoms with van der Waals surface area (Å²) < 4.78 is 71.2. The fraction of sp³-hybridized carbons (Fsp3) is 0.179. The van der Waals surface area contributed by atoms with Gasteiger partial charge in [0.15, 0.2) is 23.1 Å². The van der Waals surface area contributed by atoms with E-state index in [-0.39, 0.29) is 28.4 Å². The maximum Gasteiger partial charge on any atom is 0.308 e. The van der Waals surface area contributed by atoms with Gasteiger partial charge in [-0.25, -0.2) is 22.7 Å². The lowest BCUT2D eigenvalue weighted by Gasteiger charge is -2.27. The summed E-state index contributed by atoms with van der Waals surface area (Å²) in [4.78, 5) is 23.3. The predicted molar refractivity (Wildman–Crippen MR) is 153 cm³/mol. The lowest BCUT2D eigenvalue weighted by molar-refractivity contribution is 0.358. The number of ether oxygens (including phenoxy) is 2. The number of aromatic nitrogens is 4. The van der Waals surface area contributed by atoms with Crippen LogP contribution in [0.15, 0.2) is 78.1 Å². The molecule has 0 aliphatic heterocycles. The third kappa shape index (κ3) is 4.94. The van der Waals surface area contributed by atoms with Gasteiger partial charge in [0.25, 0.3) is 5.56 Å². The topological polar surface area (TPSA) is 112 Å². The molecule has 0 N–H and O–H groups in total. The van der Waals surface area contributed by atoms with Gasteiger partial charge in [-0.2, -0.15) is 12.7 Å². The minimum atomic E-state index is -4.04. The molecule has 0 radical (unpaired) electrons. The number of anilines is 2. The number of rotatable bonds is 9. The van der Waals surface area contributed by atoms with Crippen molar-refractivity contribution >= 4 is 32.5 Å². The molecule has 0 saturated carbocycles. The van der Waals surface area contributed by atoms with Crippen molar-refractivity contribution in [3.8, 4) is 17.2 Å². The highest BCUT2D eigenvalue weighted by Crippen LogP contribution is 2.41. The molecule has 0 atom stereocenters. The van der Waals surface area contributed by atoms with Crippen LogP contribution >= 0.6 is 0 Å². The smallest absolute Gasteiger partial charge is 0.308 e. The Labute approximate surface area is 240 Å². The van der Waals surface area contributed by atoms with Gasteiger partial charge in [0.2, 0.25) is 0 Å². The standard InChI is InChI=1S/C28H26F2N6O5S/c1-33(2)42(38,39)36-13-12-31-24(36)16-34(27-25(29)22(40-3)15-23(41-4)26(27)30)19-10-11-21-20(14-19)28(37)35(17-32-21)18-8-6-5-7-9-18/h5-15,17H,16H2,1-4H3. The molecule has 2 aromatic heterocycles. The number of benzene rings is 3. The first-order valence-electron chi connectivity index (χ1n) is 12.5. The average molecular weight is 597 g/mol. The molecule has 42 heavy (non-hydrogen) atoms. The Morgan fingerprint density at radius 2 is 1.60 bits per heavy atom. The SMILES string of the molecule is COc1cc(OC)c(F)c(N(Cc2nccn2S(=O)(=O)N(C)C)c2ccc3ncn(-c4ccccc4)c(=O)c3c2)c1F. The molecule has 218 valence electrons. The fourth-order valence-corrected chi connectivity index (χ4v) is 5.35. The molecule has 3 aromatic carbocycles. The Balaban J connectivity index is 1.76. The van der Waals surface area contributed by atoms with Crippen LogP contribution in [-0.4, -0.2) is 59.5 Å². The van der Waals surface area contributed by atoms with Crippen LogP contribution < -0.4 is 19.9 Å². The number of para-hydroxylation sites is 1. The maximum atomic E-state index is 15.9. The second kappa shape index (κ2) is 11.2. The average Bonchev–Trinajstić information content (AvgIpc) is 3.46. The number of hydrogen-bond acceptors (Lipinski definition) is 8. The van der Waals surface area contributed by atoms with E-state index in [1.54, 1.807) is 24.3 Å². The van der Waals surface area contributed by atoms with Gasteiger partial charge in [0, 0.05) is 38.2 Å². The van der Waals surface area contributed by atoms with Crippen molar-refractivity contribution in [1.29, 1.82) is 0 Å². The van der Waals surface area contributed by atoms with E-state index in [9.17, 15) is 13.2 Å². The summed E-state index contributed by atoms with van der Waals surface area (Å²) in [5.74, 6) is -2.83. The molecule has 0 unspecified atom stereocenters. The number of methoxy groups -OCH3 is 2. The van der Waals surface area contributed by atoms with Crippen LogP contribution in [-0.2, 0) is 16.8 Å². The van der Waals surface area contributed by atoms with Crippen molar-refractivity contribution in [3.05, 3.63) is 101 Å². The van der Waals surface area contributed by atoms with E-state index in [0.717, 1.165) is 14.3 Å². The molecule has 5 rings (SSSR count). The quantitative estimate of drug-likeness (QED) is 0.252. The summed E-state index contributed by atoms with van der Waals surface area (Å²) in [6.07, 6.45) is 3.88. The number of hydrogen-bond donors (Lipinski definition) is 0. The second-order valence-corrected chi connectivity index (χ2v) is 11.2. The van der Waals surface area contributed by atoms with E-state index in [2.05, 4.69) is 9.97 Å². The van der Waals surface area contributed by atoms with Crippen molar-refractivity contribution in [2.75, 3.05) is 33.2 Å². The van der Waals surface area contributed by atoms with Gasteiger partial charge < -0.3 is 14.4 Å². The van der Waals surface area contributed by atoms with Crippen molar-refractivity contribution < 1.29 is 26.7 Å². The number of imidazole rings is 1. The highest BCUT2D eigenvalue weighted by atomic mass is 32.2. The van der Waals surface area contributed by atoms with E-state index in [1.807, 2.05) is 6.07 Å². The van der Waals surface area contributed by atoms with Crippen LogP contribution in [0.2, 0.25) is 0 Å². The first kappa shape index (κ1) is 28.7. The molecule has 0 spiro atoms. The third-order valence-corrected chi connectivity index (χ3v) is 8.35. The molecular weight excluding hydrogens is 570 g/mol. The normalized spacial score (nSPS) is 11.7. The van der Waals surface area contributed by atoms with Crippen LogP contribution in [0.25, 0.3) is 16.6 Å². The highest BCUT2D eigenvalue weighted by Gasteiger charge is 2.29. The zero-order chi connectivity index (χ0) is 30.2. The minimum absolute atomic E-state index is 0.0581. The van der Waals surface area contributed by atoms with Gasteiger partial charge in [-0.15, -0.1) is 0 Å². The molecule has 2 heterocycles. The summed E-state index contributed by atoms with van der Waals surface area (Å²) >= 11 is 0. The lowest BCUT2D eigenvalue weighted by Crippen LogP contribution is -2.31. The molecule has 5 aromatic rings. The highest BCUT2D eigenvalue weighted by molar-refractivity contribution is 7.87. The predicted octanol–water partition coefficient (Wildman–Crippen LogP) is 3.87. The molecule has 0 aliphatic carbocycles. The van der Waals surface area contributed by atoms with Gasteiger partial charge in [-0.3, -0.25) is 9.36 Å². The summed E-state index contributed by atoms with van der Waals surface area (Å²) in [5, 5.41) is 0.156. The first-order chi connectivity index (χ1) is 20.1.